The van der Waals surface area contributed by atoms with Gasteiger partial charge in [0.15, 0.2) is 0 Å². The topological polar surface area (TPSA) is 192 Å². The van der Waals surface area contributed by atoms with E-state index in [2.05, 4.69) is 5.32 Å². The first-order chi connectivity index (χ1) is 18.1. The molecule has 38 heavy (non-hydrogen) atoms. The lowest BCUT2D eigenvalue weighted by Crippen LogP contribution is -2.40. The van der Waals surface area contributed by atoms with Crippen molar-refractivity contribution in [1.82, 2.24) is 5.32 Å². The molecule has 1 heterocycles. The summed E-state index contributed by atoms with van der Waals surface area (Å²) in [4.78, 5) is 26.7. The first kappa shape index (κ1) is 28.4. The number of rotatable bonds is 9. The van der Waals surface area contributed by atoms with Gasteiger partial charge in [-0.2, -0.15) is 13.7 Å². The van der Waals surface area contributed by atoms with Gasteiger partial charge in [-0.25, -0.2) is 9.59 Å². The summed E-state index contributed by atoms with van der Waals surface area (Å²) in [5.74, 6) is -3.30. The van der Waals surface area contributed by atoms with Gasteiger partial charge in [0.1, 0.15) is 16.4 Å². The minimum atomic E-state index is -4.77. The molecule has 1 unspecified atom stereocenters. The Bertz CT molecular complexity index is 1450. The van der Waals surface area contributed by atoms with Crippen LogP contribution in [0.5, 0.6) is 0 Å². The van der Waals surface area contributed by atoms with Crippen molar-refractivity contribution in [3.8, 4) is 6.07 Å². The number of allylic oxidation sites excluding steroid dienone is 1. The maximum atomic E-state index is 13.1. The summed E-state index contributed by atoms with van der Waals surface area (Å²) < 4.78 is 44.3. The molecule has 0 amide bonds. The largest absolute Gasteiger partial charge is 0.466 e. The molecule has 1 atom stereocenters. The van der Waals surface area contributed by atoms with E-state index in [0.717, 1.165) is 25.2 Å². The molecule has 0 spiro atoms. The molecule has 0 fully saturated rings. The van der Waals surface area contributed by atoms with Crippen LogP contribution in [0.3, 0.4) is 0 Å². The number of hydrogen-bond donors (Lipinski definition) is 4. The number of nitrogens with two attached hydrogens (primary N) is 1. The summed E-state index contributed by atoms with van der Waals surface area (Å²) >= 11 is 0. The van der Waals surface area contributed by atoms with Gasteiger partial charge in [0.05, 0.1) is 44.0 Å². The van der Waals surface area contributed by atoms with Crippen molar-refractivity contribution in [2.75, 3.05) is 32.3 Å². The minimum Gasteiger partial charge on any atom is -0.466 e. The molecule has 2 aromatic rings. The van der Waals surface area contributed by atoms with Crippen LogP contribution >= 0.6 is 0 Å². The number of nitriles is 1. The summed E-state index contributed by atoms with van der Waals surface area (Å²) in [5.41, 5.74) is 6.24. The molecule has 3 rings (SSSR count). The van der Waals surface area contributed by atoms with Gasteiger partial charge in [0.25, 0.3) is 10.1 Å². The van der Waals surface area contributed by atoms with E-state index in [9.17, 15) is 27.8 Å². The number of methoxy groups -OCH3 is 2. The number of carbonyl (C=O) groups excluding carboxylic acids is 2. The second-order valence-electron chi connectivity index (χ2n) is 8.00. The number of hydrogen-bond acceptors (Lipinski definition) is 11. The van der Waals surface area contributed by atoms with Gasteiger partial charge in [-0.1, -0.05) is 36.4 Å². The molecule has 13 heteroatoms. The molecule has 0 bridgehead atoms. The van der Waals surface area contributed by atoms with Crippen LogP contribution in [0.15, 0.2) is 76.1 Å². The number of ether oxygens (including phenoxy) is 2. The van der Waals surface area contributed by atoms with Crippen LogP contribution in [-0.2, 0) is 35.7 Å². The highest BCUT2D eigenvalue weighted by Gasteiger charge is 2.43. The predicted molar refractivity (Wildman–Crippen MR) is 135 cm³/mol. The second kappa shape index (κ2) is 11.9. The Morgan fingerprint density at radius 2 is 1.79 bits per heavy atom. The normalized spacial score (nSPS) is 15.8. The van der Waals surface area contributed by atoms with Gasteiger partial charge >= 0.3 is 11.9 Å². The van der Waals surface area contributed by atoms with Crippen molar-refractivity contribution >= 4 is 27.7 Å². The number of nitrogens with zero attached hydrogens (tertiary/aromatic N) is 2. The molecule has 0 saturated carbocycles. The van der Waals surface area contributed by atoms with Crippen molar-refractivity contribution in [1.29, 1.82) is 5.26 Å². The van der Waals surface area contributed by atoms with Crippen molar-refractivity contribution in [2.45, 2.75) is 17.4 Å². The Labute approximate surface area is 219 Å². The Kier molecular flexibility index (Phi) is 8.87. The quantitative estimate of drug-likeness (QED) is 0.199. The number of aliphatic hydroxyl groups is 1. The molecule has 0 saturated heterocycles. The summed E-state index contributed by atoms with van der Waals surface area (Å²) in [6, 6.07) is 14.2. The number of esters is 2. The number of carbonyl (C=O) groups is 2. The van der Waals surface area contributed by atoms with Crippen LogP contribution in [0.4, 0.5) is 5.69 Å². The van der Waals surface area contributed by atoms with Crippen LogP contribution in [0.1, 0.15) is 17.0 Å². The third kappa shape index (κ3) is 5.53. The van der Waals surface area contributed by atoms with Crippen LogP contribution in [0.2, 0.25) is 0 Å². The molecule has 1 aliphatic rings. The zero-order chi connectivity index (χ0) is 28.0. The fourth-order valence-electron chi connectivity index (χ4n) is 4.15. The maximum Gasteiger partial charge on any atom is 0.355 e. The third-order valence-corrected chi connectivity index (χ3v) is 6.74. The summed E-state index contributed by atoms with van der Waals surface area (Å²) in [6.45, 7) is -0.0516. The molecule has 0 aromatic heterocycles. The Morgan fingerprint density at radius 3 is 2.34 bits per heavy atom. The van der Waals surface area contributed by atoms with E-state index < -0.39 is 38.6 Å². The van der Waals surface area contributed by atoms with Crippen molar-refractivity contribution in [3.63, 3.8) is 0 Å². The van der Waals surface area contributed by atoms with Crippen molar-refractivity contribution in [2.24, 2.45) is 5.73 Å². The van der Waals surface area contributed by atoms with E-state index in [4.69, 9.17) is 20.3 Å². The van der Waals surface area contributed by atoms with E-state index in [1.165, 1.54) is 12.1 Å². The van der Waals surface area contributed by atoms with Gasteiger partial charge in [0.2, 0.25) is 0 Å². The molecule has 5 N–H and O–H groups in total. The van der Waals surface area contributed by atoms with Crippen molar-refractivity contribution in [3.05, 3.63) is 82.3 Å². The molecular weight excluding hydrogens is 516 g/mol. The SMILES string of the molecule is COC(=O)C1=C(C(=O)OC)N(c2ccc(CNCCO)c(S(=O)(=O)O)c2)C(N)=C(C#N)C1c1ccccc1. The van der Waals surface area contributed by atoms with E-state index in [1.54, 1.807) is 30.3 Å². The van der Waals surface area contributed by atoms with Gasteiger partial charge in [-0.05, 0) is 23.3 Å². The first-order valence-electron chi connectivity index (χ1n) is 11.2. The number of nitrogens with one attached hydrogen (secondary N) is 1. The van der Waals surface area contributed by atoms with E-state index in [1.807, 2.05) is 6.07 Å². The van der Waals surface area contributed by atoms with Crippen molar-refractivity contribution < 1.29 is 37.1 Å². The Hall–Kier alpha value is -4.22. The average Bonchev–Trinajstić information content (AvgIpc) is 2.91. The third-order valence-electron chi connectivity index (χ3n) is 5.80. The molecular formula is C25H26N4O8S. The van der Waals surface area contributed by atoms with E-state index in [0.29, 0.717) is 5.56 Å². The lowest BCUT2D eigenvalue weighted by Gasteiger charge is -2.36. The highest BCUT2D eigenvalue weighted by molar-refractivity contribution is 7.85. The van der Waals surface area contributed by atoms with Gasteiger partial charge in [-0.15, -0.1) is 0 Å². The summed E-state index contributed by atoms with van der Waals surface area (Å²) in [5, 5.41) is 21.9. The highest BCUT2D eigenvalue weighted by atomic mass is 32.2. The lowest BCUT2D eigenvalue weighted by molar-refractivity contribution is -0.139. The minimum absolute atomic E-state index is 0.0199. The van der Waals surface area contributed by atoms with E-state index in [-0.39, 0.29) is 47.9 Å². The van der Waals surface area contributed by atoms with Gasteiger partial charge in [0, 0.05) is 18.8 Å². The summed E-state index contributed by atoms with van der Waals surface area (Å²) in [6.07, 6.45) is 0. The molecule has 0 radical (unpaired) electrons. The zero-order valence-corrected chi connectivity index (χ0v) is 21.4. The lowest BCUT2D eigenvalue weighted by atomic mass is 9.81. The molecule has 2 aromatic carbocycles. The number of aliphatic hydroxyl groups excluding tert-OH is 1. The first-order valence-corrected chi connectivity index (χ1v) is 12.6. The van der Waals surface area contributed by atoms with Crippen LogP contribution in [0, 0.1) is 11.3 Å². The van der Waals surface area contributed by atoms with Gasteiger partial charge in [-0.3, -0.25) is 9.45 Å². The molecule has 200 valence electrons. The zero-order valence-electron chi connectivity index (χ0n) is 20.5. The summed E-state index contributed by atoms with van der Waals surface area (Å²) in [7, 11) is -2.59. The van der Waals surface area contributed by atoms with Crippen LogP contribution in [-0.4, -0.2) is 57.4 Å². The predicted octanol–water partition coefficient (Wildman–Crippen LogP) is 0.913. The maximum absolute atomic E-state index is 13.1. The van der Waals surface area contributed by atoms with Crippen LogP contribution in [0.25, 0.3) is 0 Å². The van der Waals surface area contributed by atoms with Gasteiger partial charge < -0.3 is 25.6 Å². The molecule has 0 aliphatic carbocycles. The smallest absolute Gasteiger partial charge is 0.355 e. The Balaban J connectivity index is 2.37. The van der Waals surface area contributed by atoms with Crippen LogP contribution < -0.4 is 16.0 Å². The number of anilines is 1. The highest BCUT2D eigenvalue weighted by Crippen LogP contribution is 2.43. The standard InChI is InChI=1S/C25H26N4O8S/c1-36-24(31)21-20(15-6-4-3-5-7-15)18(13-26)23(27)29(22(21)25(32)37-2)17-9-8-16(14-28-10-11-30)19(12-17)38(33,34)35/h3-9,12,20,28,30H,10-11,14,27H2,1-2H3,(H,33,34,35). The fourth-order valence-corrected chi connectivity index (χ4v) is 4.89. The second-order valence-corrected chi connectivity index (χ2v) is 9.39. The molecule has 12 nitrogen and oxygen atoms in total. The van der Waals surface area contributed by atoms with E-state index >= 15 is 0 Å². The Morgan fingerprint density at radius 1 is 1.13 bits per heavy atom. The monoisotopic (exact) mass is 542 g/mol. The molecule has 1 aliphatic heterocycles. The fraction of sp³-hybridized carbons (Fsp3) is 0.240. The number of benzene rings is 2. The average molecular weight is 543 g/mol.